The predicted octanol–water partition coefficient (Wildman–Crippen LogP) is 2.40. The number of nitrogens with one attached hydrogen (secondary N) is 1. The van der Waals surface area contributed by atoms with E-state index in [-0.39, 0.29) is 12.3 Å². The first-order chi connectivity index (χ1) is 11.4. The number of aryl methyl sites for hydroxylation is 1. The molecule has 0 radical (unpaired) electrons. The summed E-state index contributed by atoms with van der Waals surface area (Å²) in [6.45, 7) is 1.86. The zero-order valence-corrected chi connectivity index (χ0v) is 14.7. The van der Waals surface area contributed by atoms with Crippen molar-refractivity contribution in [3.05, 3.63) is 65.7 Å². The monoisotopic (exact) mass is 366 g/mol. The van der Waals surface area contributed by atoms with E-state index in [0.717, 1.165) is 5.56 Å². The lowest BCUT2D eigenvalue weighted by Gasteiger charge is -2.16. The molecule has 0 heterocycles. The Morgan fingerprint density at radius 3 is 2.04 bits per heavy atom. The van der Waals surface area contributed by atoms with Gasteiger partial charge in [-0.3, -0.25) is 4.79 Å². The van der Waals surface area contributed by atoms with E-state index in [2.05, 4.69) is 11.1 Å². The fraction of sp³-hybridized carbons (Fsp3) is 0.278. The highest BCUT2D eigenvalue weighted by Gasteiger charge is 2.28. The Kier molecular flexibility index (Phi) is 9.66. The number of nitrogens with two attached hydrogens (primary N) is 1. The van der Waals surface area contributed by atoms with Gasteiger partial charge in [0.2, 0.25) is 0 Å². The van der Waals surface area contributed by atoms with Crippen LogP contribution < -0.4 is 11.1 Å². The number of hydrogen-bond acceptors (Lipinski definition) is 5. The molecule has 0 aliphatic rings. The van der Waals surface area contributed by atoms with Gasteiger partial charge in [-0.25, -0.2) is 4.18 Å². The molecule has 2 aromatic carbocycles. The van der Waals surface area contributed by atoms with E-state index in [1.807, 2.05) is 6.92 Å². The van der Waals surface area contributed by atoms with Crippen LogP contribution >= 0.6 is 0 Å². The minimum atomic E-state index is -4.04. The van der Waals surface area contributed by atoms with E-state index in [1.165, 1.54) is 26.2 Å². The molecule has 0 saturated heterocycles. The molecule has 1 amide bonds. The topological polar surface area (TPSA) is 98.5 Å². The van der Waals surface area contributed by atoms with E-state index in [1.54, 1.807) is 42.5 Å². The molecule has 0 aromatic heterocycles. The summed E-state index contributed by atoms with van der Waals surface area (Å²) in [5.41, 5.74) is 5.90. The van der Waals surface area contributed by atoms with Crippen LogP contribution in [0.4, 0.5) is 0 Å². The highest BCUT2D eigenvalue weighted by Crippen LogP contribution is 2.24. The van der Waals surface area contributed by atoms with Gasteiger partial charge in [0.1, 0.15) is 0 Å². The van der Waals surface area contributed by atoms with Crippen LogP contribution in [0, 0.1) is 6.92 Å². The van der Waals surface area contributed by atoms with Crippen molar-refractivity contribution in [1.29, 1.82) is 0 Å². The fourth-order valence-electron chi connectivity index (χ4n) is 1.90. The van der Waals surface area contributed by atoms with Crippen molar-refractivity contribution < 1.29 is 17.4 Å². The normalized spacial score (nSPS) is 11.4. The first-order valence-electron chi connectivity index (χ1n) is 7.28. The van der Waals surface area contributed by atoms with Crippen molar-refractivity contribution in [2.75, 3.05) is 14.1 Å². The molecular weight excluding hydrogens is 340 g/mol. The fourth-order valence-corrected chi connectivity index (χ4v) is 2.93. The third kappa shape index (κ3) is 6.30. The summed E-state index contributed by atoms with van der Waals surface area (Å²) in [6, 6.07) is 14.8. The summed E-state index contributed by atoms with van der Waals surface area (Å²) >= 11 is 0. The van der Waals surface area contributed by atoms with E-state index < -0.39 is 22.1 Å². The molecule has 7 heteroatoms. The first-order valence-corrected chi connectivity index (χ1v) is 8.69. The van der Waals surface area contributed by atoms with E-state index in [4.69, 9.17) is 4.18 Å². The highest BCUT2D eigenvalue weighted by atomic mass is 32.2. The maximum atomic E-state index is 12.3. The smallest absolute Gasteiger partial charge is 0.298 e. The Hall–Kier alpha value is -2.22. The second-order valence-electron chi connectivity index (χ2n) is 4.77. The molecule has 138 valence electrons. The Morgan fingerprint density at radius 1 is 1.04 bits per heavy atom. The third-order valence-corrected chi connectivity index (χ3v) is 4.41. The largest absolute Gasteiger partial charge is 0.357 e. The summed E-state index contributed by atoms with van der Waals surface area (Å²) in [6.07, 6.45) is -1.22. The van der Waals surface area contributed by atoms with Crippen molar-refractivity contribution in [3.8, 4) is 0 Å². The van der Waals surface area contributed by atoms with Gasteiger partial charge >= 0.3 is 0 Å². The summed E-state index contributed by atoms with van der Waals surface area (Å²) < 4.78 is 29.9. The molecule has 0 spiro atoms. The van der Waals surface area contributed by atoms with Crippen LogP contribution in [0.2, 0.25) is 0 Å². The first kappa shape index (κ1) is 22.8. The maximum absolute atomic E-state index is 12.3. The SMILES string of the molecule is C.CN.CNC(=O)[C@@H](OS(=O)(=O)c1ccc(C)cc1)c1ccccc1. The Labute approximate surface area is 150 Å². The number of carbonyl (C=O) groups excluding carboxylic acids is 1. The number of rotatable bonds is 5. The average Bonchev–Trinajstić information content (AvgIpc) is 2.62. The lowest BCUT2D eigenvalue weighted by Crippen LogP contribution is -2.29. The van der Waals surface area contributed by atoms with Gasteiger partial charge in [0.25, 0.3) is 16.0 Å². The Bertz CT molecular complexity index is 744. The molecule has 6 nitrogen and oxygen atoms in total. The lowest BCUT2D eigenvalue weighted by molar-refractivity contribution is -0.127. The summed E-state index contributed by atoms with van der Waals surface area (Å²) in [5, 5.41) is 2.42. The molecule has 25 heavy (non-hydrogen) atoms. The van der Waals surface area contributed by atoms with Crippen LogP contribution in [0.25, 0.3) is 0 Å². The molecule has 3 N–H and O–H groups in total. The molecular formula is C18H26N2O4S. The molecule has 0 fully saturated rings. The summed E-state index contributed by atoms with van der Waals surface area (Å²) in [7, 11) is -1.11. The van der Waals surface area contributed by atoms with Gasteiger partial charge < -0.3 is 11.1 Å². The molecule has 2 rings (SSSR count). The van der Waals surface area contributed by atoms with Crippen LogP contribution in [0.3, 0.4) is 0 Å². The van der Waals surface area contributed by atoms with Gasteiger partial charge in [-0.2, -0.15) is 8.42 Å². The van der Waals surface area contributed by atoms with Gasteiger partial charge in [0, 0.05) is 7.05 Å². The Balaban J connectivity index is 0.00000185. The van der Waals surface area contributed by atoms with Gasteiger partial charge in [-0.05, 0) is 31.7 Å². The number of likely N-dealkylation sites (N-methyl/N-ethyl adjacent to an activating group) is 1. The molecule has 1 atom stereocenters. The predicted molar refractivity (Wildman–Crippen MR) is 99.5 cm³/mol. The van der Waals surface area contributed by atoms with Gasteiger partial charge in [0.05, 0.1) is 4.90 Å². The second-order valence-corrected chi connectivity index (χ2v) is 6.34. The molecule has 0 aliphatic carbocycles. The standard InChI is InChI=1S/C16H17NO4S.CH5N.CH4/c1-12-8-10-14(11-9-12)22(19,20)21-15(16(18)17-2)13-6-4-3-5-7-13;1-2;/h3-11,15H,1-2H3,(H,17,18);2H2,1H3;1H4/t15-;;/m0../s1. The Morgan fingerprint density at radius 2 is 1.56 bits per heavy atom. The number of carbonyl (C=O) groups is 1. The lowest BCUT2D eigenvalue weighted by atomic mass is 10.1. The van der Waals surface area contributed by atoms with Crippen molar-refractivity contribution in [2.24, 2.45) is 5.73 Å². The number of hydrogen-bond donors (Lipinski definition) is 2. The number of amides is 1. The van der Waals surface area contributed by atoms with Gasteiger partial charge in [-0.1, -0.05) is 55.5 Å². The molecule has 0 bridgehead atoms. The zero-order valence-electron chi connectivity index (χ0n) is 13.9. The average molecular weight is 366 g/mol. The zero-order chi connectivity index (χ0) is 18.2. The highest BCUT2D eigenvalue weighted by molar-refractivity contribution is 7.86. The molecule has 2 aromatic rings. The molecule has 0 saturated carbocycles. The van der Waals surface area contributed by atoms with Crippen molar-refractivity contribution >= 4 is 16.0 Å². The van der Waals surface area contributed by atoms with Crippen LogP contribution in [0.1, 0.15) is 24.7 Å². The minimum Gasteiger partial charge on any atom is -0.357 e. The van der Waals surface area contributed by atoms with Crippen molar-refractivity contribution in [1.82, 2.24) is 5.32 Å². The van der Waals surface area contributed by atoms with E-state index >= 15 is 0 Å². The summed E-state index contributed by atoms with van der Waals surface area (Å²) in [4.78, 5) is 12.0. The van der Waals surface area contributed by atoms with Gasteiger partial charge in [0.15, 0.2) is 6.10 Å². The van der Waals surface area contributed by atoms with Crippen molar-refractivity contribution in [2.45, 2.75) is 25.3 Å². The quantitative estimate of drug-likeness (QED) is 0.792. The molecule has 0 aliphatic heterocycles. The van der Waals surface area contributed by atoms with Crippen LogP contribution in [0.5, 0.6) is 0 Å². The van der Waals surface area contributed by atoms with E-state index in [9.17, 15) is 13.2 Å². The maximum Gasteiger partial charge on any atom is 0.298 e. The third-order valence-electron chi connectivity index (χ3n) is 3.12. The van der Waals surface area contributed by atoms with E-state index in [0.29, 0.717) is 5.56 Å². The van der Waals surface area contributed by atoms with Crippen LogP contribution in [0.15, 0.2) is 59.5 Å². The van der Waals surface area contributed by atoms with Crippen LogP contribution in [-0.2, 0) is 19.1 Å². The number of benzene rings is 2. The van der Waals surface area contributed by atoms with Crippen molar-refractivity contribution in [3.63, 3.8) is 0 Å². The minimum absolute atomic E-state index is 0. The second kappa shape index (κ2) is 10.6. The van der Waals surface area contributed by atoms with Gasteiger partial charge in [-0.15, -0.1) is 0 Å². The molecule has 0 unspecified atom stereocenters. The van der Waals surface area contributed by atoms with Crippen LogP contribution in [-0.4, -0.2) is 28.4 Å². The summed E-state index contributed by atoms with van der Waals surface area (Å²) in [5.74, 6) is -0.526.